The Morgan fingerprint density at radius 3 is 2.86 bits per heavy atom. The highest BCUT2D eigenvalue weighted by atomic mass is 32.1. The van der Waals surface area contributed by atoms with Gasteiger partial charge in [-0.2, -0.15) is 11.3 Å². The smallest absolute Gasteiger partial charge is 0.257 e. The number of phenols is 1. The van der Waals surface area contributed by atoms with Gasteiger partial charge in [-0.3, -0.25) is 4.79 Å². The quantitative estimate of drug-likeness (QED) is 0.702. The van der Waals surface area contributed by atoms with Gasteiger partial charge in [-0.25, -0.2) is 0 Å². The summed E-state index contributed by atoms with van der Waals surface area (Å²) in [6.45, 7) is 1.83. The fraction of sp³-hybridized carbons (Fsp3) is 0.227. The molecular formula is C22H21NO4S. The number of amides is 1. The highest BCUT2D eigenvalue weighted by Crippen LogP contribution is 2.29. The summed E-state index contributed by atoms with van der Waals surface area (Å²) in [4.78, 5) is 14.7. The van der Waals surface area contributed by atoms with Crippen molar-refractivity contribution in [2.24, 2.45) is 0 Å². The van der Waals surface area contributed by atoms with E-state index in [1.54, 1.807) is 28.4 Å². The lowest BCUT2D eigenvalue weighted by Gasteiger charge is -2.33. The second kappa shape index (κ2) is 8.46. The molecule has 1 unspecified atom stereocenters. The van der Waals surface area contributed by atoms with Gasteiger partial charge in [0, 0.05) is 6.54 Å². The van der Waals surface area contributed by atoms with Gasteiger partial charge < -0.3 is 19.5 Å². The van der Waals surface area contributed by atoms with Crippen molar-refractivity contribution < 1.29 is 19.4 Å². The number of benzene rings is 2. The second-order valence-electron chi connectivity index (χ2n) is 6.62. The maximum Gasteiger partial charge on any atom is 0.257 e. The number of carbonyl (C=O) groups excluding carboxylic acids is 1. The lowest BCUT2D eigenvalue weighted by molar-refractivity contribution is -0.0227. The number of aromatic hydroxyl groups is 1. The van der Waals surface area contributed by atoms with Crippen LogP contribution in [0.4, 0.5) is 0 Å². The van der Waals surface area contributed by atoms with Gasteiger partial charge in [0.05, 0.1) is 18.7 Å². The molecule has 0 radical (unpaired) electrons. The molecule has 144 valence electrons. The predicted octanol–water partition coefficient (Wildman–Crippen LogP) is 4.25. The molecule has 1 aromatic heterocycles. The summed E-state index contributed by atoms with van der Waals surface area (Å²) < 4.78 is 11.6. The second-order valence-corrected chi connectivity index (χ2v) is 7.40. The van der Waals surface area contributed by atoms with Crippen molar-refractivity contribution in [3.8, 4) is 11.5 Å². The number of nitrogens with zero attached hydrogens (tertiary/aromatic N) is 1. The van der Waals surface area contributed by atoms with Crippen LogP contribution in [0, 0.1) is 0 Å². The molecule has 28 heavy (non-hydrogen) atoms. The Morgan fingerprint density at radius 1 is 1.21 bits per heavy atom. The van der Waals surface area contributed by atoms with E-state index in [1.807, 2.05) is 47.2 Å². The van der Waals surface area contributed by atoms with Crippen LogP contribution < -0.4 is 4.74 Å². The molecule has 1 atom stereocenters. The number of ether oxygens (including phenoxy) is 2. The monoisotopic (exact) mass is 395 g/mol. The molecule has 4 rings (SSSR count). The van der Waals surface area contributed by atoms with Crippen molar-refractivity contribution in [3.05, 3.63) is 82.0 Å². The van der Waals surface area contributed by atoms with Crippen LogP contribution in [-0.2, 0) is 11.3 Å². The minimum absolute atomic E-state index is 0.0457. The zero-order valence-electron chi connectivity index (χ0n) is 15.3. The molecule has 0 bridgehead atoms. The third-order valence-corrected chi connectivity index (χ3v) is 5.42. The van der Waals surface area contributed by atoms with E-state index in [-0.39, 0.29) is 23.3 Å². The van der Waals surface area contributed by atoms with E-state index < -0.39 is 0 Å². The van der Waals surface area contributed by atoms with Gasteiger partial charge in [-0.05, 0) is 46.2 Å². The Kier molecular flexibility index (Phi) is 5.60. The summed E-state index contributed by atoms with van der Waals surface area (Å²) in [6.07, 6.45) is -0.136. The number of rotatable bonds is 5. The fourth-order valence-corrected chi connectivity index (χ4v) is 3.88. The lowest BCUT2D eigenvalue weighted by Crippen LogP contribution is -2.42. The van der Waals surface area contributed by atoms with Crippen LogP contribution in [-0.4, -0.2) is 35.6 Å². The first-order chi connectivity index (χ1) is 13.7. The largest absolute Gasteiger partial charge is 0.507 e. The summed E-state index contributed by atoms with van der Waals surface area (Å²) in [6, 6.07) is 16.6. The number of hydrogen-bond acceptors (Lipinski definition) is 5. The maximum atomic E-state index is 13.0. The Labute approximate surface area is 167 Å². The molecule has 1 N–H and O–H groups in total. The molecule has 0 spiro atoms. The van der Waals surface area contributed by atoms with Crippen molar-refractivity contribution in [1.82, 2.24) is 4.90 Å². The highest BCUT2D eigenvalue weighted by molar-refractivity contribution is 7.07. The van der Waals surface area contributed by atoms with Crippen molar-refractivity contribution in [2.75, 3.05) is 19.7 Å². The fourth-order valence-electron chi connectivity index (χ4n) is 3.18. The first kappa shape index (κ1) is 18.5. The molecule has 1 saturated heterocycles. The van der Waals surface area contributed by atoms with Crippen LogP contribution in [0.2, 0.25) is 0 Å². The average molecular weight is 395 g/mol. The first-order valence-electron chi connectivity index (χ1n) is 9.13. The van der Waals surface area contributed by atoms with Crippen molar-refractivity contribution in [2.45, 2.75) is 12.7 Å². The van der Waals surface area contributed by atoms with Gasteiger partial charge in [-0.1, -0.05) is 30.3 Å². The number of phenolic OH excluding ortho intramolecular Hbond substituents is 1. The van der Waals surface area contributed by atoms with E-state index in [0.29, 0.717) is 32.1 Å². The SMILES string of the molecule is O=C(c1cc(OCc2ccccc2)ccc1O)N1CCOC(c2ccsc2)C1. The Hall–Kier alpha value is -2.83. The van der Waals surface area contributed by atoms with Gasteiger partial charge in [0.1, 0.15) is 24.2 Å². The van der Waals surface area contributed by atoms with Gasteiger partial charge in [-0.15, -0.1) is 0 Å². The van der Waals surface area contributed by atoms with E-state index in [2.05, 4.69) is 0 Å². The molecule has 5 nitrogen and oxygen atoms in total. The number of carbonyl (C=O) groups is 1. The van der Waals surface area contributed by atoms with Crippen LogP contribution >= 0.6 is 11.3 Å². The number of thiophene rings is 1. The highest BCUT2D eigenvalue weighted by Gasteiger charge is 2.28. The molecule has 1 fully saturated rings. The van der Waals surface area contributed by atoms with Crippen LogP contribution in [0.5, 0.6) is 11.5 Å². The van der Waals surface area contributed by atoms with Gasteiger partial charge >= 0.3 is 0 Å². The van der Waals surface area contributed by atoms with E-state index >= 15 is 0 Å². The third kappa shape index (κ3) is 4.18. The van der Waals surface area contributed by atoms with Gasteiger partial charge in [0.15, 0.2) is 0 Å². The number of hydrogen-bond donors (Lipinski definition) is 1. The summed E-state index contributed by atoms with van der Waals surface area (Å²) in [7, 11) is 0. The maximum absolute atomic E-state index is 13.0. The Bertz CT molecular complexity index is 927. The Morgan fingerprint density at radius 2 is 2.07 bits per heavy atom. The molecule has 6 heteroatoms. The Balaban J connectivity index is 1.47. The van der Waals surface area contributed by atoms with Crippen molar-refractivity contribution in [3.63, 3.8) is 0 Å². The van der Waals surface area contributed by atoms with E-state index in [0.717, 1.165) is 11.1 Å². The topological polar surface area (TPSA) is 59.0 Å². The lowest BCUT2D eigenvalue weighted by atomic mass is 10.1. The van der Waals surface area contributed by atoms with Crippen molar-refractivity contribution >= 4 is 17.2 Å². The first-order valence-corrected chi connectivity index (χ1v) is 10.1. The van der Waals surface area contributed by atoms with E-state index in [1.165, 1.54) is 6.07 Å². The zero-order chi connectivity index (χ0) is 19.3. The molecule has 1 amide bonds. The molecule has 0 saturated carbocycles. The zero-order valence-corrected chi connectivity index (χ0v) is 16.1. The molecule has 1 aliphatic rings. The molecular weight excluding hydrogens is 374 g/mol. The van der Waals surface area contributed by atoms with Crippen LogP contribution in [0.3, 0.4) is 0 Å². The number of morpholine rings is 1. The summed E-state index contributed by atoms with van der Waals surface area (Å²) in [5.41, 5.74) is 2.36. The third-order valence-electron chi connectivity index (χ3n) is 4.72. The van der Waals surface area contributed by atoms with E-state index in [9.17, 15) is 9.90 Å². The van der Waals surface area contributed by atoms with E-state index in [4.69, 9.17) is 9.47 Å². The van der Waals surface area contributed by atoms with Crippen LogP contribution in [0.15, 0.2) is 65.4 Å². The van der Waals surface area contributed by atoms with Crippen molar-refractivity contribution in [1.29, 1.82) is 0 Å². The molecule has 2 aromatic carbocycles. The van der Waals surface area contributed by atoms with Crippen LogP contribution in [0.1, 0.15) is 27.6 Å². The summed E-state index contributed by atoms with van der Waals surface area (Å²) >= 11 is 1.61. The molecule has 1 aliphatic heterocycles. The minimum Gasteiger partial charge on any atom is -0.507 e. The predicted molar refractivity (Wildman–Crippen MR) is 108 cm³/mol. The average Bonchev–Trinajstić information content (AvgIpc) is 3.28. The van der Waals surface area contributed by atoms with Gasteiger partial charge in [0.25, 0.3) is 5.91 Å². The molecule has 2 heterocycles. The molecule has 3 aromatic rings. The summed E-state index contributed by atoms with van der Waals surface area (Å²) in [5.74, 6) is 0.287. The van der Waals surface area contributed by atoms with Gasteiger partial charge in [0.2, 0.25) is 0 Å². The normalized spacial score (nSPS) is 16.7. The van der Waals surface area contributed by atoms with Crippen LogP contribution in [0.25, 0.3) is 0 Å². The summed E-state index contributed by atoms with van der Waals surface area (Å²) in [5, 5.41) is 14.3. The standard InChI is InChI=1S/C22H21NO4S/c24-20-7-6-18(27-14-16-4-2-1-3-5-16)12-19(20)22(25)23-9-10-26-21(13-23)17-8-11-28-15-17/h1-8,11-12,15,21,24H,9-10,13-14H2. The molecule has 0 aliphatic carbocycles. The minimum atomic E-state index is -0.216.